The molecule has 1 spiro atoms. The minimum atomic E-state index is -3.83. The quantitative estimate of drug-likeness (QED) is 0.808. The molecule has 8 heteroatoms. The van der Waals surface area contributed by atoms with Crippen molar-refractivity contribution in [3.8, 4) is 0 Å². The topological polar surface area (TPSA) is 55.2 Å². The minimum Gasteiger partial charge on any atom is -0.247 e. The van der Waals surface area contributed by atoms with Gasteiger partial charge >= 0.3 is 0 Å². The number of aromatic nitrogens is 2. The molecule has 1 aromatic heterocycles. The molecular formula is C18H21F2N3O2S. The first kappa shape index (κ1) is 17.5. The first-order valence-corrected chi connectivity index (χ1v) is 10.3. The van der Waals surface area contributed by atoms with Crippen LogP contribution in [0.25, 0.3) is 0 Å². The third kappa shape index (κ3) is 2.62. The van der Waals surface area contributed by atoms with E-state index in [1.54, 1.807) is 6.07 Å². The van der Waals surface area contributed by atoms with E-state index in [-0.39, 0.29) is 16.0 Å². The molecule has 0 N–H and O–H groups in total. The second-order valence-electron chi connectivity index (χ2n) is 7.22. The molecule has 2 aromatic rings. The number of rotatable bonds is 3. The Morgan fingerprint density at radius 3 is 2.38 bits per heavy atom. The summed E-state index contributed by atoms with van der Waals surface area (Å²) in [6.45, 7) is 2.21. The number of hydrogen-bond acceptors (Lipinski definition) is 3. The van der Waals surface area contributed by atoms with Gasteiger partial charge in [-0.3, -0.25) is 0 Å². The molecule has 1 fully saturated rings. The number of anilines is 1. The number of benzene rings is 1. The molecule has 1 saturated carbocycles. The average molecular weight is 381 g/mol. The van der Waals surface area contributed by atoms with E-state index in [1.165, 1.54) is 28.6 Å². The van der Waals surface area contributed by atoms with Crippen LogP contribution in [0.5, 0.6) is 0 Å². The van der Waals surface area contributed by atoms with E-state index in [4.69, 9.17) is 0 Å². The van der Waals surface area contributed by atoms with Crippen LogP contribution in [0.2, 0.25) is 0 Å². The summed E-state index contributed by atoms with van der Waals surface area (Å²) in [5.74, 6) is 0.572. The van der Waals surface area contributed by atoms with Crippen molar-refractivity contribution in [1.29, 1.82) is 0 Å². The van der Waals surface area contributed by atoms with Gasteiger partial charge in [0.2, 0.25) is 0 Å². The monoisotopic (exact) mass is 381 g/mol. The van der Waals surface area contributed by atoms with Gasteiger partial charge in [-0.2, -0.15) is 5.10 Å². The highest BCUT2D eigenvalue weighted by molar-refractivity contribution is 7.92. The van der Waals surface area contributed by atoms with Crippen LogP contribution in [0.1, 0.15) is 49.8 Å². The number of sulfonamides is 1. The fourth-order valence-electron chi connectivity index (χ4n) is 4.13. The third-order valence-corrected chi connectivity index (χ3v) is 7.22. The van der Waals surface area contributed by atoms with E-state index >= 15 is 0 Å². The number of aryl methyl sites for hydroxylation is 1. The van der Waals surface area contributed by atoms with E-state index in [0.29, 0.717) is 12.4 Å². The van der Waals surface area contributed by atoms with Gasteiger partial charge in [0.15, 0.2) is 0 Å². The van der Waals surface area contributed by atoms with Gasteiger partial charge in [0.25, 0.3) is 16.4 Å². The molecular weight excluding hydrogens is 360 g/mol. The van der Waals surface area contributed by atoms with Crippen molar-refractivity contribution >= 4 is 15.8 Å². The van der Waals surface area contributed by atoms with E-state index in [1.807, 2.05) is 11.6 Å². The zero-order valence-electron chi connectivity index (χ0n) is 14.5. The highest BCUT2D eigenvalue weighted by Crippen LogP contribution is 2.45. The molecule has 2 aliphatic rings. The Kier molecular flexibility index (Phi) is 4.06. The molecule has 0 radical (unpaired) electrons. The molecule has 26 heavy (non-hydrogen) atoms. The van der Waals surface area contributed by atoms with Crippen LogP contribution >= 0.6 is 0 Å². The lowest BCUT2D eigenvalue weighted by Crippen LogP contribution is -2.41. The summed E-state index contributed by atoms with van der Waals surface area (Å²) in [5.41, 5.74) is 0.297. The summed E-state index contributed by atoms with van der Waals surface area (Å²) in [7, 11) is -3.83. The zero-order chi connectivity index (χ0) is 18.5. The van der Waals surface area contributed by atoms with Crippen molar-refractivity contribution in [2.45, 2.75) is 55.9 Å². The Morgan fingerprint density at radius 1 is 1.12 bits per heavy atom. The Morgan fingerprint density at radius 2 is 1.77 bits per heavy atom. The molecule has 0 atom stereocenters. The first-order chi connectivity index (χ1) is 12.3. The van der Waals surface area contributed by atoms with Crippen molar-refractivity contribution in [1.82, 2.24) is 9.78 Å². The van der Waals surface area contributed by atoms with Crippen LogP contribution in [0.4, 0.5) is 14.6 Å². The van der Waals surface area contributed by atoms with Crippen molar-refractivity contribution in [2.24, 2.45) is 0 Å². The van der Waals surface area contributed by atoms with Gasteiger partial charge in [0.1, 0.15) is 5.82 Å². The lowest BCUT2D eigenvalue weighted by atomic mass is 9.82. The highest BCUT2D eigenvalue weighted by atomic mass is 32.2. The molecule has 0 saturated heterocycles. The molecule has 0 amide bonds. The predicted molar refractivity (Wildman–Crippen MR) is 94.0 cm³/mol. The molecule has 140 valence electrons. The summed E-state index contributed by atoms with van der Waals surface area (Å²) in [6, 6.07) is 6.65. The van der Waals surface area contributed by atoms with Gasteiger partial charge in [-0.15, -0.1) is 0 Å². The Balaban J connectivity index is 1.75. The summed E-state index contributed by atoms with van der Waals surface area (Å²) < 4.78 is 55.2. The van der Waals surface area contributed by atoms with Crippen LogP contribution in [-0.4, -0.2) is 24.7 Å². The molecule has 2 heterocycles. The van der Waals surface area contributed by atoms with Crippen LogP contribution in [0.15, 0.2) is 35.2 Å². The van der Waals surface area contributed by atoms with Gasteiger partial charge < -0.3 is 0 Å². The van der Waals surface area contributed by atoms with Crippen LogP contribution < -0.4 is 4.31 Å². The number of hydrogen-bond donors (Lipinski definition) is 0. The Hall–Kier alpha value is -1.96. The van der Waals surface area contributed by atoms with Gasteiger partial charge in [-0.25, -0.2) is 26.2 Å². The maximum Gasteiger partial charge on any atom is 0.265 e. The SMILES string of the molecule is Cc1cc2n(n1)C1(CCCCC1)CN2S(=O)(=O)c1ccc(C(F)F)cc1. The highest BCUT2D eigenvalue weighted by Gasteiger charge is 2.48. The standard InChI is InChI=1S/C18H21F2N3O2S/c1-13-11-16-22(12-18(23(16)21-13)9-3-2-4-10-18)26(24,25)15-7-5-14(6-8-15)17(19)20/h5-8,11,17H,2-4,9-10,12H2,1H3. The first-order valence-electron chi connectivity index (χ1n) is 8.82. The summed E-state index contributed by atoms with van der Waals surface area (Å²) in [6.07, 6.45) is 2.44. The fourth-order valence-corrected chi connectivity index (χ4v) is 5.65. The average Bonchev–Trinajstić information content (AvgIpc) is 3.14. The van der Waals surface area contributed by atoms with Crippen LogP contribution in [0.3, 0.4) is 0 Å². The minimum absolute atomic E-state index is 0.0279. The molecule has 4 rings (SSSR count). The summed E-state index contributed by atoms with van der Waals surface area (Å²) in [4.78, 5) is 0.0279. The normalized spacial score (nSPS) is 19.3. The number of nitrogens with zero attached hydrogens (tertiary/aromatic N) is 3. The molecule has 0 unspecified atom stereocenters. The maximum absolute atomic E-state index is 13.2. The van der Waals surface area contributed by atoms with E-state index in [0.717, 1.165) is 37.8 Å². The van der Waals surface area contributed by atoms with Crippen molar-refractivity contribution in [3.05, 3.63) is 41.6 Å². The largest absolute Gasteiger partial charge is 0.265 e. The van der Waals surface area contributed by atoms with Gasteiger partial charge in [-0.1, -0.05) is 31.4 Å². The van der Waals surface area contributed by atoms with E-state index in [9.17, 15) is 17.2 Å². The Bertz CT molecular complexity index is 916. The lowest BCUT2D eigenvalue weighted by molar-refractivity contribution is 0.151. The van der Waals surface area contributed by atoms with E-state index < -0.39 is 16.4 Å². The van der Waals surface area contributed by atoms with Gasteiger partial charge in [0.05, 0.1) is 22.7 Å². The molecule has 1 aromatic carbocycles. The number of halogens is 2. The smallest absolute Gasteiger partial charge is 0.247 e. The summed E-state index contributed by atoms with van der Waals surface area (Å²) in [5, 5.41) is 4.57. The zero-order valence-corrected chi connectivity index (χ0v) is 15.3. The number of alkyl halides is 2. The van der Waals surface area contributed by atoms with Gasteiger partial charge in [0, 0.05) is 11.6 Å². The van der Waals surface area contributed by atoms with Crippen LogP contribution in [0, 0.1) is 6.92 Å². The van der Waals surface area contributed by atoms with E-state index in [2.05, 4.69) is 5.10 Å². The third-order valence-electron chi connectivity index (χ3n) is 5.46. The molecule has 1 aliphatic carbocycles. The maximum atomic E-state index is 13.2. The second kappa shape index (κ2) is 6.04. The van der Waals surface area contributed by atoms with Crippen molar-refractivity contribution in [2.75, 3.05) is 10.8 Å². The van der Waals surface area contributed by atoms with Crippen LogP contribution in [-0.2, 0) is 15.6 Å². The summed E-state index contributed by atoms with van der Waals surface area (Å²) >= 11 is 0. The number of fused-ring (bicyclic) bond motifs is 2. The van der Waals surface area contributed by atoms with Crippen molar-refractivity contribution in [3.63, 3.8) is 0 Å². The molecule has 0 bridgehead atoms. The predicted octanol–water partition coefficient (Wildman–Crippen LogP) is 4.00. The van der Waals surface area contributed by atoms with Gasteiger partial charge in [-0.05, 0) is 31.9 Å². The Labute approximate surface area is 151 Å². The fraction of sp³-hybridized carbons (Fsp3) is 0.500. The molecule has 5 nitrogen and oxygen atoms in total. The lowest BCUT2D eigenvalue weighted by Gasteiger charge is -2.33. The second-order valence-corrected chi connectivity index (χ2v) is 9.08. The molecule has 1 aliphatic heterocycles. The van der Waals surface area contributed by atoms with Crippen molar-refractivity contribution < 1.29 is 17.2 Å².